The number of nitrogens with zero attached hydrogens (tertiary/aromatic N) is 1. The zero-order valence-electron chi connectivity index (χ0n) is 20.4. The number of halogens is 2. The van der Waals surface area contributed by atoms with Crippen molar-refractivity contribution in [1.82, 2.24) is 16.1 Å². The quantitative estimate of drug-likeness (QED) is 0.0872. The van der Waals surface area contributed by atoms with Crippen molar-refractivity contribution in [2.75, 3.05) is 18.2 Å². The second-order valence-electron chi connectivity index (χ2n) is 8.86. The number of nitrogens with one attached hydrogen (secondary N) is 4. The van der Waals surface area contributed by atoms with Gasteiger partial charge in [-0.05, 0) is 71.3 Å². The molecule has 38 heavy (non-hydrogen) atoms. The fourth-order valence-corrected chi connectivity index (χ4v) is 6.47. The maximum Gasteiger partial charge on any atom is 0.315 e. The maximum absolute atomic E-state index is 14.6. The monoisotopic (exact) mass is 655 g/mol. The minimum Gasteiger partial charge on any atom is -0.504 e. The van der Waals surface area contributed by atoms with Crippen LogP contribution in [0, 0.1) is 9.39 Å². The molecule has 2 aromatic carbocycles. The highest BCUT2D eigenvalue weighted by molar-refractivity contribution is 14.1. The number of anilines is 1. The molecule has 3 atom stereocenters. The lowest BCUT2D eigenvalue weighted by molar-refractivity contribution is -0.116. The lowest BCUT2D eigenvalue weighted by Crippen LogP contribution is -2.36. The SMILES string of the molecule is COc1cc(/C=N/NC(=O)c2ccc(NC(=O)CCCC[C@@H]3SC[C@@H]4NC(=O)N[C@@H]43)c(F)c2)cc(I)c1O. The molecule has 0 aromatic heterocycles. The van der Waals surface area contributed by atoms with Crippen molar-refractivity contribution < 1.29 is 28.6 Å². The molecule has 5 N–H and O–H groups in total. The molecule has 13 heteroatoms. The standard InChI is InChI=1S/C25H27FIN5O5S/c1-37-19-9-13(8-16(27)23(19)34)11-28-32-24(35)14-6-7-17(15(26)10-14)29-21(33)5-3-2-4-20-22-18(12-38-20)30-25(36)31-22/h6-11,18,20,22,34H,2-5,12H2,1H3,(H,29,33)(H,32,35)(H2,30,31,36)/b28-11+/t18-,20-,22-/m0/s1. The molecule has 4 amide bonds. The molecule has 0 radical (unpaired) electrons. The number of thioether (sulfide) groups is 1. The highest BCUT2D eigenvalue weighted by atomic mass is 127. The number of ether oxygens (including phenoxy) is 1. The van der Waals surface area contributed by atoms with Crippen molar-refractivity contribution in [3.05, 3.63) is 50.8 Å². The van der Waals surface area contributed by atoms with Crippen molar-refractivity contribution >= 4 is 64.1 Å². The summed E-state index contributed by atoms with van der Waals surface area (Å²) in [7, 11) is 1.43. The van der Waals surface area contributed by atoms with E-state index in [2.05, 4.69) is 26.5 Å². The van der Waals surface area contributed by atoms with Gasteiger partial charge in [0.2, 0.25) is 5.91 Å². The average molecular weight is 655 g/mol. The van der Waals surface area contributed by atoms with Gasteiger partial charge in [0, 0.05) is 23.0 Å². The number of amides is 4. The van der Waals surface area contributed by atoms with Crippen LogP contribution >= 0.6 is 34.4 Å². The number of phenols is 1. The third-order valence-corrected chi connectivity index (χ3v) is 8.57. The van der Waals surface area contributed by atoms with Gasteiger partial charge in [0.05, 0.1) is 34.7 Å². The average Bonchev–Trinajstić information content (AvgIpc) is 3.44. The molecular weight excluding hydrogens is 628 g/mol. The molecule has 2 saturated heterocycles. The van der Waals surface area contributed by atoms with Crippen LogP contribution in [0.2, 0.25) is 0 Å². The Morgan fingerprint density at radius 1 is 1.29 bits per heavy atom. The Hall–Kier alpha value is -3.07. The first-order valence-corrected chi connectivity index (χ1v) is 14.1. The highest BCUT2D eigenvalue weighted by Gasteiger charge is 2.42. The Morgan fingerprint density at radius 2 is 2.11 bits per heavy atom. The molecule has 2 aliphatic rings. The van der Waals surface area contributed by atoms with E-state index in [1.54, 1.807) is 12.1 Å². The van der Waals surface area contributed by atoms with E-state index in [1.165, 1.54) is 25.5 Å². The van der Waals surface area contributed by atoms with Gasteiger partial charge in [0.25, 0.3) is 5.91 Å². The summed E-state index contributed by atoms with van der Waals surface area (Å²) in [4.78, 5) is 36.1. The number of hydrogen-bond donors (Lipinski definition) is 5. The molecule has 202 valence electrons. The molecule has 2 aliphatic heterocycles. The van der Waals surface area contributed by atoms with E-state index < -0.39 is 11.7 Å². The predicted octanol–water partition coefficient (Wildman–Crippen LogP) is 3.57. The van der Waals surface area contributed by atoms with Gasteiger partial charge in [-0.2, -0.15) is 16.9 Å². The summed E-state index contributed by atoms with van der Waals surface area (Å²) >= 11 is 3.77. The van der Waals surface area contributed by atoms with Crippen LogP contribution in [-0.2, 0) is 4.79 Å². The van der Waals surface area contributed by atoms with Gasteiger partial charge >= 0.3 is 6.03 Å². The van der Waals surface area contributed by atoms with Crippen LogP contribution in [0.4, 0.5) is 14.9 Å². The molecule has 0 spiro atoms. The van der Waals surface area contributed by atoms with Crippen molar-refractivity contribution in [3.8, 4) is 11.5 Å². The van der Waals surface area contributed by atoms with E-state index in [4.69, 9.17) is 4.74 Å². The third-order valence-electron chi connectivity index (χ3n) is 6.24. The zero-order valence-corrected chi connectivity index (χ0v) is 23.4. The van der Waals surface area contributed by atoms with E-state index in [9.17, 15) is 23.9 Å². The Balaban J connectivity index is 1.22. The third kappa shape index (κ3) is 6.87. The van der Waals surface area contributed by atoms with Crippen LogP contribution in [0.5, 0.6) is 11.5 Å². The molecule has 4 rings (SSSR count). The number of hydrogen-bond acceptors (Lipinski definition) is 7. The number of rotatable bonds is 10. The largest absolute Gasteiger partial charge is 0.504 e. The second-order valence-corrected chi connectivity index (χ2v) is 11.3. The number of fused-ring (bicyclic) bond motifs is 1. The number of urea groups is 1. The second kappa shape index (κ2) is 12.7. The lowest BCUT2D eigenvalue weighted by atomic mass is 10.0. The summed E-state index contributed by atoms with van der Waals surface area (Å²) in [5.74, 6) is -0.494. The van der Waals surface area contributed by atoms with Crippen LogP contribution < -0.4 is 26.1 Å². The molecular formula is C25H27FIN5O5S. The van der Waals surface area contributed by atoms with E-state index in [1.807, 2.05) is 34.4 Å². The highest BCUT2D eigenvalue weighted by Crippen LogP contribution is 2.33. The van der Waals surface area contributed by atoms with Gasteiger partial charge in [-0.15, -0.1) is 0 Å². The fraction of sp³-hybridized carbons (Fsp3) is 0.360. The van der Waals surface area contributed by atoms with Gasteiger partial charge in [-0.3, -0.25) is 9.59 Å². The summed E-state index contributed by atoms with van der Waals surface area (Å²) in [5, 5.41) is 22.5. The van der Waals surface area contributed by atoms with Crippen molar-refractivity contribution in [3.63, 3.8) is 0 Å². The Morgan fingerprint density at radius 3 is 2.87 bits per heavy atom. The summed E-state index contributed by atoms with van der Waals surface area (Å²) in [6.45, 7) is 0. The molecule has 0 bridgehead atoms. The van der Waals surface area contributed by atoms with Crippen molar-refractivity contribution in [1.29, 1.82) is 0 Å². The van der Waals surface area contributed by atoms with Crippen LogP contribution in [-0.4, -0.2) is 59.4 Å². The van der Waals surface area contributed by atoms with Crippen molar-refractivity contribution in [2.45, 2.75) is 43.0 Å². The van der Waals surface area contributed by atoms with E-state index in [0.717, 1.165) is 24.7 Å². The normalized spacial score (nSPS) is 20.1. The number of phenolic OH excluding ortho intramolecular Hbond substituents is 1. The number of aromatic hydroxyl groups is 1. The Bertz CT molecular complexity index is 1260. The first-order chi connectivity index (χ1) is 18.2. The van der Waals surface area contributed by atoms with Gasteiger partial charge in [-0.25, -0.2) is 14.6 Å². The molecule has 0 aliphatic carbocycles. The van der Waals surface area contributed by atoms with Gasteiger partial charge < -0.3 is 25.8 Å². The predicted molar refractivity (Wildman–Crippen MR) is 151 cm³/mol. The first kappa shape index (κ1) is 28.0. The molecule has 0 unspecified atom stereocenters. The maximum atomic E-state index is 14.6. The van der Waals surface area contributed by atoms with Crippen LogP contribution in [0.1, 0.15) is 41.6 Å². The number of hydrazone groups is 1. The number of benzene rings is 2. The van der Waals surface area contributed by atoms with Gasteiger partial charge in [-0.1, -0.05) is 6.42 Å². The smallest absolute Gasteiger partial charge is 0.315 e. The van der Waals surface area contributed by atoms with Crippen LogP contribution in [0.3, 0.4) is 0 Å². The minimum atomic E-state index is -0.731. The Kier molecular flexibility index (Phi) is 9.31. The van der Waals surface area contributed by atoms with Crippen LogP contribution in [0.15, 0.2) is 35.4 Å². The van der Waals surface area contributed by atoms with E-state index >= 15 is 0 Å². The molecule has 10 nitrogen and oxygen atoms in total. The molecule has 2 fully saturated rings. The first-order valence-electron chi connectivity index (χ1n) is 11.9. The van der Waals surface area contributed by atoms with Gasteiger partial charge in [0.15, 0.2) is 11.5 Å². The summed E-state index contributed by atoms with van der Waals surface area (Å²) in [6, 6.07) is 7.17. The van der Waals surface area contributed by atoms with E-state index in [0.29, 0.717) is 20.8 Å². The fourth-order valence-electron chi connectivity index (χ4n) is 4.30. The minimum absolute atomic E-state index is 0.00486. The summed E-state index contributed by atoms with van der Waals surface area (Å²) in [5.41, 5.74) is 2.94. The van der Waals surface area contributed by atoms with Crippen molar-refractivity contribution in [2.24, 2.45) is 5.10 Å². The van der Waals surface area contributed by atoms with Gasteiger partial charge in [0.1, 0.15) is 5.82 Å². The molecule has 2 aromatic rings. The molecule has 2 heterocycles. The summed E-state index contributed by atoms with van der Waals surface area (Å²) < 4.78 is 20.2. The lowest BCUT2D eigenvalue weighted by Gasteiger charge is -2.16. The van der Waals surface area contributed by atoms with E-state index in [-0.39, 0.29) is 53.2 Å². The number of carbonyl (C=O) groups is 3. The molecule has 0 saturated carbocycles. The Labute approximate surface area is 236 Å². The number of unbranched alkanes of at least 4 members (excludes halogenated alkanes) is 1. The zero-order chi connectivity index (χ0) is 27.2. The number of methoxy groups -OCH3 is 1. The van der Waals surface area contributed by atoms with Crippen LogP contribution in [0.25, 0.3) is 0 Å². The summed E-state index contributed by atoms with van der Waals surface area (Å²) in [6.07, 6.45) is 3.97. The topological polar surface area (TPSA) is 141 Å². The number of carbonyl (C=O) groups excluding carboxylic acids is 3.